The predicted octanol–water partition coefficient (Wildman–Crippen LogP) is 19.7. The number of rotatable bonds is 71. The zero-order chi connectivity index (χ0) is 72.2. The van der Waals surface area contributed by atoms with Gasteiger partial charge in [-0.3, -0.25) is 4.79 Å². The SMILES string of the molecule is CCCCCCC/C=C\C/C=C\C/C=C\CCCCCCCCCCCCCCCCCCCCCCCCCCC(=O)NC(COC1OC(CO)C(OC2OC(CO)C(O)C(O)C2O)C(O)C1O)C(O)/C=C/CC/C=C/CC/C=C/CCCCCCCCCCCCCCCCCCC. The van der Waals surface area contributed by atoms with Crippen LogP contribution in [0.5, 0.6) is 0 Å². The number of aliphatic hydroxyl groups excluding tert-OH is 8. The molecule has 584 valence electrons. The van der Waals surface area contributed by atoms with Crippen LogP contribution in [-0.2, 0) is 23.7 Å². The summed E-state index contributed by atoms with van der Waals surface area (Å²) in [6.07, 6.45) is 80.1. The van der Waals surface area contributed by atoms with Crippen LogP contribution in [0.1, 0.15) is 373 Å². The molecule has 2 aliphatic rings. The molecule has 2 rings (SSSR count). The third-order valence-electron chi connectivity index (χ3n) is 20.3. The number of allylic oxidation sites excluding steroid dienone is 11. The molecule has 0 aromatic rings. The van der Waals surface area contributed by atoms with Crippen molar-refractivity contribution in [2.75, 3.05) is 19.8 Å². The first-order valence-electron chi connectivity index (χ1n) is 42.2. The van der Waals surface area contributed by atoms with Gasteiger partial charge in [-0.2, -0.15) is 0 Å². The molecule has 2 heterocycles. The molecule has 9 N–H and O–H groups in total. The van der Waals surface area contributed by atoms with Crippen molar-refractivity contribution in [3.05, 3.63) is 72.9 Å². The van der Waals surface area contributed by atoms with Crippen LogP contribution in [0.3, 0.4) is 0 Å². The second kappa shape index (κ2) is 69.5. The Morgan fingerprint density at radius 1 is 0.360 bits per heavy atom. The highest BCUT2D eigenvalue weighted by atomic mass is 16.7. The van der Waals surface area contributed by atoms with Crippen molar-refractivity contribution in [1.82, 2.24) is 5.32 Å². The average molecular weight is 1410 g/mol. The van der Waals surface area contributed by atoms with E-state index in [1.807, 2.05) is 6.08 Å². The Labute approximate surface area is 612 Å². The van der Waals surface area contributed by atoms with Gasteiger partial charge in [-0.1, -0.05) is 356 Å². The Morgan fingerprint density at radius 3 is 1.05 bits per heavy atom. The molecule has 0 aromatic carbocycles. The molecule has 14 heteroatoms. The molecule has 0 saturated carbocycles. The maximum absolute atomic E-state index is 13.4. The van der Waals surface area contributed by atoms with Gasteiger partial charge in [0.2, 0.25) is 5.91 Å². The molecule has 100 heavy (non-hydrogen) atoms. The second-order valence-electron chi connectivity index (χ2n) is 29.6. The van der Waals surface area contributed by atoms with Gasteiger partial charge >= 0.3 is 0 Å². The topological polar surface area (TPSA) is 228 Å². The van der Waals surface area contributed by atoms with Gasteiger partial charge in [-0.25, -0.2) is 0 Å². The summed E-state index contributed by atoms with van der Waals surface area (Å²) in [7, 11) is 0. The Hall–Kier alpha value is -2.57. The Bertz CT molecular complexity index is 1960. The van der Waals surface area contributed by atoms with Crippen LogP contribution in [0.25, 0.3) is 0 Å². The minimum Gasteiger partial charge on any atom is -0.394 e. The van der Waals surface area contributed by atoms with Crippen LogP contribution >= 0.6 is 0 Å². The number of amides is 1. The Kier molecular flexibility index (Phi) is 65.0. The normalized spacial score (nSPS) is 22.2. The van der Waals surface area contributed by atoms with Gasteiger partial charge < -0.3 is 65.1 Å². The van der Waals surface area contributed by atoms with Crippen molar-refractivity contribution < 1.29 is 64.6 Å². The second-order valence-corrected chi connectivity index (χ2v) is 29.6. The van der Waals surface area contributed by atoms with Crippen molar-refractivity contribution >= 4 is 5.91 Å². The Morgan fingerprint density at radius 2 is 0.670 bits per heavy atom. The standard InChI is InChI=1S/C86H157NO13/c1-3-5-7-9-11-13-15-17-19-21-23-25-27-29-31-32-33-34-35-36-37-38-39-40-41-42-44-46-48-50-52-54-56-58-60-62-64-66-68-70-78(91)87-74(73-97-85-83(96)81(94)84(77(72-89)99-85)100-86-82(95)80(93)79(92)76(71-88)98-86)75(90)69-67-65-63-61-59-57-55-53-51-49-47-45-43-30-28-26-24-22-20-18-16-14-12-10-8-6-4-2/h15,17,21,23,27,29,51,53,59,61,67,69,74-77,79-86,88-90,92-96H,3-14,16,18-20,22,24-26,28,30-50,52,54-58,60,62-66,68,70-73H2,1-2H3,(H,87,91)/b17-15-,23-21-,29-27-,53-51+,61-59+,69-67+. The molecule has 0 spiro atoms. The highest BCUT2D eigenvalue weighted by Gasteiger charge is 2.51. The predicted molar refractivity (Wildman–Crippen MR) is 415 cm³/mol. The molecule has 0 aromatic heterocycles. The van der Waals surface area contributed by atoms with Crippen LogP contribution in [-0.4, -0.2) is 140 Å². The van der Waals surface area contributed by atoms with Crippen LogP contribution in [0.2, 0.25) is 0 Å². The lowest BCUT2D eigenvalue weighted by Gasteiger charge is -2.46. The molecular formula is C86H157NO13. The van der Waals surface area contributed by atoms with Crippen LogP contribution in [0.15, 0.2) is 72.9 Å². The number of carbonyl (C=O) groups excluding carboxylic acids is 1. The van der Waals surface area contributed by atoms with Crippen molar-refractivity contribution in [1.29, 1.82) is 0 Å². The number of ether oxygens (including phenoxy) is 4. The van der Waals surface area contributed by atoms with E-state index in [0.29, 0.717) is 12.8 Å². The number of aliphatic hydroxyl groups is 8. The van der Waals surface area contributed by atoms with E-state index in [0.717, 1.165) is 57.8 Å². The lowest BCUT2D eigenvalue weighted by Crippen LogP contribution is -2.65. The molecule has 0 bridgehead atoms. The molecule has 1 amide bonds. The fourth-order valence-electron chi connectivity index (χ4n) is 13.7. The fourth-order valence-corrected chi connectivity index (χ4v) is 13.7. The van der Waals surface area contributed by atoms with E-state index in [2.05, 4.69) is 79.9 Å². The first-order valence-corrected chi connectivity index (χ1v) is 42.2. The molecule has 0 aliphatic carbocycles. The molecule has 0 radical (unpaired) electrons. The van der Waals surface area contributed by atoms with E-state index in [4.69, 9.17) is 18.9 Å². The molecule has 14 nitrogen and oxygen atoms in total. The maximum atomic E-state index is 13.4. The maximum Gasteiger partial charge on any atom is 0.220 e. The van der Waals surface area contributed by atoms with Gasteiger partial charge in [0.05, 0.1) is 32.0 Å². The van der Waals surface area contributed by atoms with Crippen LogP contribution in [0.4, 0.5) is 0 Å². The van der Waals surface area contributed by atoms with Crippen LogP contribution in [0, 0.1) is 0 Å². The first kappa shape index (κ1) is 93.5. The fraction of sp³-hybridized carbons (Fsp3) is 0.849. The summed E-state index contributed by atoms with van der Waals surface area (Å²) in [6.45, 7) is 2.82. The molecule has 12 unspecified atom stereocenters. The quantitative estimate of drug-likeness (QED) is 0.0204. The number of unbranched alkanes of at least 4 members (excludes halogenated alkanes) is 48. The Balaban J connectivity index is 1.59. The zero-order valence-corrected chi connectivity index (χ0v) is 64.2. The zero-order valence-electron chi connectivity index (χ0n) is 64.2. The minimum absolute atomic E-state index is 0.247. The van der Waals surface area contributed by atoms with Gasteiger partial charge in [0.1, 0.15) is 48.8 Å². The third-order valence-corrected chi connectivity index (χ3v) is 20.3. The first-order chi connectivity index (χ1) is 49.1. The van der Waals surface area contributed by atoms with Gasteiger partial charge in [-0.15, -0.1) is 0 Å². The molecule has 2 fully saturated rings. The average Bonchev–Trinajstić information content (AvgIpc) is 0.796. The van der Waals surface area contributed by atoms with E-state index in [-0.39, 0.29) is 18.9 Å². The summed E-state index contributed by atoms with van der Waals surface area (Å²) >= 11 is 0. The van der Waals surface area contributed by atoms with Gasteiger partial charge in [-0.05, 0) is 83.5 Å². The summed E-state index contributed by atoms with van der Waals surface area (Å²) < 4.78 is 22.9. The van der Waals surface area contributed by atoms with Crippen molar-refractivity contribution in [2.24, 2.45) is 0 Å². The highest BCUT2D eigenvalue weighted by Crippen LogP contribution is 2.30. The van der Waals surface area contributed by atoms with Gasteiger partial charge in [0.15, 0.2) is 12.6 Å². The van der Waals surface area contributed by atoms with E-state index >= 15 is 0 Å². The third kappa shape index (κ3) is 51.6. The minimum atomic E-state index is -1.80. The molecule has 12 atom stereocenters. The summed E-state index contributed by atoms with van der Waals surface area (Å²) in [6, 6.07) is -0.941. The van der Waals surface area contributed by atoms with E-state index in [1.165, 1.54) is 283 Å². The van der Waals surface area contributed by atoms with Crippen molar-refractivity contribution in [3.63, 3.8) is 0 Å². The number of hydrogen-bond acceptors (Lipinski definition) is 13. The summed E-state index contributed by atoms with van der Waals surface area (Å²) in [5, 5.41) is 87.7. The largest absolute Gasteiger partial charge is 0.394 e. The molecular weight excluding hydrogens is 1250 g/mol. The monoisotopic (exact) mass is 1410 g/mol. The van der Waals surface area contributed by atoms with Crippen LogP contribution < -0.4 is 5.32 Å². The van der Waals surface area contributed by atoms with E-state index in [1.54, 1.807) is 6.08 Å². The lowest BCUT2D eigenvalue weighted by molar-refractivity contribution is -0.359. The van der Waals surface area contributed by atoms with E-state index < -0.39 is 86.8 Å². The smallest absolute Gasteiger partial charge is 0.220 e. The summed E-state index contributed by atoms with van der Waals surface area (Å²) in [5.41, 5.74) is 0. The van der Waals surface area contributed by atoms with Gasteiger partial charge in [0.25, 0.3) is 0 Å². The lowest BCUT2D eigenvalue weighted by atomic mass is 9.97. The van der Waals surface area contributed by atoms with E-state index in [9.17, 15) is 45.6 Å². The number of hydrogen-bond donors (Lipinski definition) is 9. The summed E-state index contributed by atoms with van der Waals surface area (Å²) in [4.78, 5) is 13.4. The molecule has 2 saturated heterocycles. The number of carbonyl (C=O) groups is 1. The van der Waals surface area contributed by atoms with Crippen molar-refractivity contribution in [3.8, 4) is 0 Å². The molecule has 2 aliphatic heterocycles. The van der Waals surface area contributed by atoms with Crippen molar-refractivity contribution in [2.45, 2.75) is 447 Å². The summed E-state index contributed by atoms with van der Waals surface area (Å²) in [5.74, 6) is -0.247. The van der Waals surface area contributed by atoms with Gasteiger partial charge in [0, 0.05) is 6.42 Å². The number of nitrogens with one attached hydrogen (secondary N) is 1. The highest BCUT2D eigenvalue weighted by molar-refractivity contribution is 5.76.